The average molecular weight is 267 g/mol. The van der Waals surface area contributed by atoms with Gasteiger partial charge < -0.3 is 0 Å². The SMILES string of the molecule is CC(C)(C1CCC1)C(Br)c1ccccc1. The predicted octanol–water partition coefficient (Wildman–Crippen LogP) is 4.95. The number of alkyl halides is 1. The van der Waals surface area contributed by atoms with Crippen LogP contribution in [0.2, 0.25) is 0 Å². The van der Waals surface area contributed by atoms with Gasteiger partial charge >= 0.3 is 0 Å². The Bertz CT molecular complexity index is 311. The van der Waals surface area contributed by atoms with Crippen LogP contribution < -0.4 is 0 Å². The summed E-state index contributed by atoms with van der Waals surface area (Å²) in [5.74, 6) is 0.891. The van der Waals surface area contributed by atoms with E-state index in [2.05, 4.69) is 60.1 Å². The molecule has 1 aliphatic rings. The molecule has 0 amide bonds. The molecule has 0 nitrogen and oxygen atoms in total. The van der Waals surface area contributed by atoms with Crippen LogP contribution in [0, 0.1) is 11.3 Å². The van der Waals surface area contributed by atoms with E-state index in [-0.39, 0.29) is 0 Å². The first-order chi connectivity index (χ1) is 7.12. The van der Waals surface area contributed by atoms with Crippen molar-refractivity contribution in [1.82, 2.24) is 0 Å². The van der Waals surface area contributed by atoms with Gasteiger partial charge in [-0.25, -0.2) is 0 Å². The standard InChI is InChI=1S/C14H19Br/c1-14(2,12-9-6-10-12)13(15)11-7-4-3-5-8-11/h3-5,7-8,12-13H,6,9-10H2,1-2H3. The molecule has 0 aliphatic heterocycles. The molecule has 0 heterocycles. The van der Waals surface area contributed by atoms with Crippen LogP contribution in [0.15, 0.2) is 30.3 Å². The van der Waals surface area contributed by atoms with Gasteiger partial charge in [0.2, 0.25) is 0 Å². The van der Waals surface area contributed by atoms with Crippen molar-refractivity contribution in [2.24, 2.45) is 11.3 Å². The fourth-order valence-corrected chi connectivity index (χ4v) is 3.09. The van der Waals surface area contributed by atoms with Gasteiger partial charge in [-0.3, -0.25) is 0 Å². The van der Waals surface area contributed by atoms with Crippen LogP contribution in [-0.4, -0.2) is 0 Å². The fourth-order valence-electron chi connectivity index (χ4n) is 2.41. The molecular formula is C14H19Br. The van der Waals surface area contributed by atoms with Gasteiger partial charge in [-0.2, -0.15) is 0 Å². The summed E-state index contributed by atoms with van der Waals surface area (Å²) in [6.45, 7) is 4.78. The minimum Gasteiger partial charge on any atom is -0.0833 e. The third kappa shape index (κ3) is 2.13. The minimum atomic E-state index is 0.375. The molecule has 0 bridgehead atoms. The topological polar surface area (TPSA) is 0 Å². The van der Waals surface area contributed by atoms with Crippen LogP contribution in [0.5, 0.6) is 0 Å². The van der Waals surface area contributed by atoms with E-state index in [9.17, 15) is 0 Å². The number of halogens is 1. The molecule has 0 saturated heterocycles. The van der Waals surface area contributed by atoms with E-state index in [0.29, 0.717) is 10.2 Å². The molecule has 1 aromatic rings. The maximum Gasteiger partial charge on any atom is 0.0448 e. The van der Waals surface area contributed by atoms with Crippen molar-refractivity contribution in [1.29, 1.82) is 0 Å². The summed E-state index contributed by atoms with van der Waals surface area (Å²) in [4.78, 5) is 0.483. The third-order valence-corrected chi connectivity index (χ3v) is 5.61. The van der Waals surface area contributed by atoms with Gasteiger partial charge in [0.25, 0.3) is 0 Å². The number of hydrogen-bond donors (Lipinski definition) is 0. The van der Waals surface area contributed by atoms with Crippen molar-refractivity contribution in [3.8, 4) is 0 Å². The molecule has 1 aliphatic carbocycles. The van der Waals surface area contributed by atoms with Crippen LogP contribution in [0.1, 0.15) is 43.5 Å². The Morgan fingerprint density at radius 3 is 2.27 bits per heavy atom. The Morgan fingerprint density at radius 1 is 1.20 bits per heavy atom. The van der Waals surface area contributed by atoms with Gasteiger partial charge in [-0.15, -0.1) is 0 Å². The zero-order valence-electron chi connectivity index (χ0n) is 9.54. The van der Waals surface area contributed by atoms with Gasteiger partial charge in [0.05, 0.1) is 0 Å². The average Bonchev–Trinajstić information content (AvgIpc) is 2.14. The Labute approximate surface area is 101 Å². The molecule has 0 aromatic heterocycles. The Hall–Kier alpha value is -0.300. The molecule has 15 heavy (non-hydrogen) atoms. The van der Waals surface area contributed by atoms with E-state index in [4.69, 9.17) is 0 Å². The molecule has 1 unspecified atom stereocenters. The summed E-state index contributed by atoms with van der Waals surface area (Å²) in [5.41, 5.74) is 1.79. The predicted molar refractivity (Wildman–Crippen MR) is 69.2 cm³/mol. The molecule has 0 N–H and O–H groups in total. The van der Waals surface area contributed by atoms with Crippen LogP contribution in [0.3, 0.4) is 0 Å². The van der Waals surface area contributed by atoms with Gasteiger partial charge in [-0.1, -0.05) is 66.5 Å². The van der Waals surface area contributed by atoms with Crippen LogP contribution in [0.4, 0.5) is 0 Å². The maximum atomic E-state index is 3.88. The molecule has 1 atom stereocenters. The second-order valence-corrected chi connectivity index (χ2v) is 6.14. The Kier molecular flexibility index (Phi) is 3.20. The van der Waals surface area contributed by atoms with Crippen LogP contribution in [0.25, 0.3) is 0 Å². The van der Waals surface area contributed by atoms with Crippen molar-refractivity contribution in [2.45, 2.75) is 37.9 Å². The smallest absolute Gasteiger partial charge is 0.0448 e. The molecule has 82 valence electrons. The Morgan fingerprint density at radius 2 is 1.80 bits per heavy atom. The molecular weight excluding hydrogens is 248 g/mol. The number of benzene rings is 1. The number of rotatable bonds is 3. The lowest BCUT2D eigenvalue weighted by atomic mass is 9.65. The van der Waals surface area contributed by atoms with E-state index < -0.39 is 0 Å². The quantitative estimate of drug-likeness (QED) is 0.680. The van der Waals surface area contributed by atoms with Crippen molar-refractivity contribution in [2.75, 3.05) is 0 Å². The van der Waals surface area contributed by atoms with Gasteiger partial charge in [-0.05, 0) is 29.7 Å². The monoisotopic (exact) mass is 266 g/mol. The summed E-state index contributed by atoms with van der Waals surface area (Å²) in [6.07, 6.45) is 4.23. The lowest BCUT2D eigenvalue weighted by molar-refractivity contribution is 0.120. The first-order valence-electron chi connectivity index (χ1n) is 5.81. The molecule has 2 rings (SSSR count). The summed E-state index contributed by atoms with van der Waals surface area (Å²) < 4.78 is 0. The zero-order valence-corrected chi connectivity index (χ0v) is 11.1. The lowest BCUT2D eigenvalue weighted by Gasteiger charge is -2.43. The third-order valence-electron chi connectivity index (χ3n) is 3.90. The van der Waals surface area contributed by atoms with E-state index in [0.717, 1.165) is 5.92 Å². The summed E-state index contributed by atoms with van der Waals surface area (Å²) in [7, 11) is 0. The van der Waals surface area contributed by atoms with Gasteiger partial charge in [0, 0.05) is 4.83 Å². The van der Waals surface area contributed by atoms with Crippen LogP contribution >= 0.6 is 15.9 Å². The van der Waals surface area contributed by atoms with E-state index >= 15 is 0 Å². The van der Waals surface area contributed by atoms with Crippen molar-refractivity contribution in [3.63, 3.8) is 0 Å². The molecule has 0 radical (unpaired) electrons. The number of hydrogen-bond acceptors (Lipinski definition) is 0. The second-order valence-electron chi connectivity index (χ2n) is 5.22. The van der Waals surface area contributed by atoms with E-state index in [1.807, 2.05) is 0 Å². The van der Waals surface area contributed by atoms with Gasteiger partial charge in [0.15, 0.2) is 0 Å². The Balaban J connectivity index is 2.16. The molecule has 1 saturated carbocycles. The molecule has 1 fully saturated rings. The summed E-state index contributed by atoms with van der Waals surface area (Å²) >= 11 is 3.88. The highest BCUT2D eigenvalue weighted by Gasteiger charge is 2.39. The highest BCUT2D eigenvalue weighted by molar-refractivity contribution is 9.09. The van der Waals surface area contributed by atoms with Crippen molar-refractivity contribution >= 4 is 15.9 Å². The molecule has 0 spiro atoms. The molecule has 1 aromatic carbocycles. The maximum absolute atomic E-state index is 3.88. The zero-order chi connectivity index (χ0) is 10.9. The fraction of sp³-hybridized carbons (Fsp3) is 0.571. The largest absolute Gasteiger partial charge is 0.0833 e. The first kappa shape index (κ1) is 11.2. The normalized spacial score (nSPS) is 19.7. The highest BCUT2D eigenvalue weighted by Crippen LogP contribution is 2.52. The highest BCUT2D eigenvalue weighted by atomic mass is 79.9. The van der Waals surface area contributed by atoms with E-state index in [1.165, 1.54) is 24.8 Å². The lowest BCUT2D eigenvalue weighted by Crippen LogP contribution is -2.33. The van der Waals surface area contributed by atoms with E-state index in [1.54, 1.807) is 0 Å². The van der Waals surface area contributed by atoms with Crippen LogP contribution in [-0.2, 0) is 0 Å². The van der Waals surface area contributed by atoms with Crippen molar-refractivity contribution in [3.05, 3.63) is 35.9 Å². The first-order valence-corrected chi connectivity index (χ1v) is 6.73. The second kappa shape index (κ2) is 4.29. The van der Waals surface area contributed by atoms with Gasteiger partial charge in [0.1, 0.15) is 0 Å². The summed E-state index contributed by atoms with van der Waals surface area (Å²) in [6, 6.07) is 10.8. The van der Waals surface area contributed by atoms with Crippen molar-refractivity contribution < 1.29 is 0 Å². The minimum absolute atomic E-state index is 0.375. The summed E-state index contributed by atoms with van der Waals surface area (Å²) in [5, 5.41) is 0. The molecule has 1 heteroatoms.